The molecule has 28 heavy (non-hydrogen) atoms. The van der Waals surface area contributed by atoms with Crippen LogP contribution in [0.3, 0.4) is 0 Å². The van der Waals surface area contributed by atoms with Crippen LogP contribution in [0.5, 0.6) is 0 Å². The highest BCUT2D eigenvalue weighted by Gasteiger charge is 2.32. The fourth-order valence-corrected chi connectivity index (χ4v) is 4.95. The average molecular weight is 384 g/mol. The van der Waals surface area contributed by atoms with Gasteiger partial charge in [-0.25, -0.2) is 0 Å². The summed E-state index contributed by atoms with van der Waals surface area (Å²) in [5.74, 6) is 0.597. The first-order valence-corrected chi connectivity index (χ1v) is 11.2. The van der Waals surface area contributed by atoms with Crippen LogP contribution in [0, 0.1) is 11.8 Å². The summed E-state index contributed by atoms with van der Waals surface area (Å²) in [6.07, 6.45) is 9.39. The molecule has 0 aromatic heterocycles. The van der Waals surface area contributed by atoms with Gasteiger partial charge in [0, 0.05) is 49.4 Å². The molecule has 2 heterocycles. The highest BCUT2D eigenvalue weighted by molar-refractivity contribution is 5.93. The van der Waals surface area contributed by atoms with E-state index in [9.17, 15) is 9.59 Å². The van der Waals surface area contributed by atoms with Gasteiger partial charge in [-0.05, 0) is 82.1 Å². The van der Waals surface area contributed by atoms with Gasteiger partial charge in [-0.3, -0.25) is 9.59 Å². The normalized spacial score (nSPS) is 25.6. The Kier molecular flexibility index (Phi) is 6.18. The third-order valence-electron chi connectivity index (χ3n) is 6.72. The van der Waals surface area contributed by atoms with Gasteiger partial charge in [0.25, 0.3) is 0 Å². The van der Waals surface area contributed by atoms with Gasteiger partial charge in [0.15, 0.2) is 0 Å². The van der Waals surface area contributed by atoms with E-state index >= 15 is 0 Å². The Bertz CT molecular complexity index is 668. The van der Waals surface area contributed by atoms with Crippen LogP contribution in [0.25, 0.3) is 0 Å². The Morgan fingerprint density at radius 2 is 1.32 bits per heavy atom. The molecule has 0 atom stereocenters. The molecule has 152 valence electrons. The van der Waals surface area contributed by atoms with Crippen molar-refractivity contribution in [2.45, 2.75) is 57.8 Å². The Morgan fingerprint density at radius 1 is 0.750 bits per heavy atom. The van der Waals surface area contributed by atoms with Gasteiger partial charge in [0.05, 0.1) is 0 Å². The van der Waals surface area contributed by atoms with Crippen LogP contribution in [-0.2, 0) is 9.59 Å². The number of carbonyl (C=O) groups excluding carboxylic acids is 2. The number of carbonyl (C=O) groups is 2. The minimum Gasteiger partial charge on any atom is -0.372 e. The lowest BCUT2D eigenvalue weighted by Crippen LogP contribution is -2.41. The maximum atomic E-state index is 12.7. The highest BCUT2D eigenvalue weighted by atomic mass is 16.2. The van der Waals surface area contributed by atoms with E-state index in [1.807, 2.05) is 12.1 Å². The topological polar surface area (TPSA) is 52.7 Å². The predicted molar refractivity (Wildman–Crippen MR) is 112 cm³/mol. The summed E-state index contributed by atoms with van der Waals surface area (Å²) in [4.78, 5) is 29.8. The molecule has 1 saturated carbocycles. The molecular weight excluding hydrogens is 350 g/mol. The van der Waals surface area contributed by atoms with Crippen molar-refractivity contribution >= 4 is 23.2 Å². The van der Waals surface area contributed by atoms with Crippen molar-refractivity contribution in [2.24, 2.45) is 11.8 Å². The van der Waals surface area contributed by atoms with Crippen molar-refractivity contribution in [2.75, 3.05) is 36.4 Å². The smallest absolute Gasteiger partial charge is 0.227 e. The number of piperidine rings is 1. The van der Waals surface area contributed by atoms with Crippen LogP contribution in [0.15, 0.2) is 24.3 Å². The maximum Gasteiger partial charge on any atom is 0.227 e. The molecular formula is C23H33N3O2. The Labute approximate surface area is 168 Å². The molecule has 1 aromatic carbocycles. The monoisotopic (exact) mass is 383 g/mol. The van der Waals surface area contributed by atoms with Gasteiger partial charge in [-0.2, -0.15) is 0 Å². The van der Waals surface area contributed by atoms with Crippen molar-refractivity contribution in [1.29, 1.82) is 0 Å². The molecule has 2 amide bonds. The third-order valence-corrected chi connectivity index (χ3v) is 6.72. The summed E-state index contributed by atoms with van der Waals surface area (Å²) < 4.78 is 0. The lowest BCUT2D eigenvalue weighted by molar-refractivity contribution is -0.138. The van der Waals surface area contributed by atoms with Crippen molar-refractivity contribution < 1.29 is 9.59 Å². The zero-order valence-corrected chi connectivity index (χ0v) is 16.9. The summed E-state index contributed by atoms with van der Waals surface area (Å²) >= 11 is 0. The molecule has 4 rings (SSSR count). The number of rotatable bonds is 4. The molecule has 1 N–H and O–H groups in total. The molecule has 0 unspecified atom stereocenters. The number of nitrogens with zero attached hydrogens (tertiary/aromatic N) is 2. The second kappa shape index (κ2) is 8.97. The number of likely N-dealkylation sites (tertiary alicyclic amines) is 1. The van der Waals surface area contributed by atoms with E-state index in [1.165, 1.54) is 24.9 Å². The zero-order chi connectivity index (χ0) is 19.3. The fourth-order valence-electron chi connectivity index (χ4n) is 4.95. The van der Waals surface area contributed by atoms with E-state index in [2.05, 4.69) is 27.2 Å². The van der Waals surface area contributed by atoms with Gasteiger partial charge in [-0.15, -0.1) is 0 Å². The molecule has 2 saturated heterocycles. The Morgan fingerprint density at radius 3 is 1.96 bits per heavy atom. The van der Waals surface area contributed by atoms with E-state index in [1.54, 1.807) is 0 Å². The van der Waals surface area contributed by atoms with E-state index in [0.717, 1.165) is 70.4 Å². The quantitative estimate of drug-likeness (QED) is 0.854. The van der Waals surface area contributed by atoms with Crippen molar-refractivity contribution in [3.8, 4) is 0 Å². The standard InChI is InChI=1S/C23H33N3O2/c27-22(24-20-10-12-21(13-11-20)25-14-4-5-15-25)18-6-8-19(9-7-18)23(28)26-16-2-1-3-17-26/h10-13,18-19H,1-9,14-17H2,(H,24,27). The number of anilines is 2. The molecule has 3 fully saturated rings. The van der Waals surface area contributed by atoms with Crippen LogP contribution >= 0.6 is 0 Å². The van der Waals surface area contributed by atoms with Gasteiger partial charge >= 0.3 is 0 Å². The van der Waals surface area contributed by atoms with E-state index in [0.29, 0.717) is 5.91 Å². The Hall–Kier alpha value is -2.04. The van der Waals surface area contributed by atoms with Crippen molar-refractivity contribution in [3.05, 3.63) is 24.3 Å². The molecule has 1 aliphatic carbocycles. The largest absolute Gasteiger partial charge is 0.372 e. The number of amides is 2. The first-order chi connectivity index (χ1) is 13.7. The maximum absolute atomic E-state index is 12.7. The molecule has 0 bridgehead atoms. The molecule has 2 aliphatic heterocycles. The van der Waals surface area contributed by atoms with Gasteiger partial charge in [-0.1, -0.05) is 0 Å². The van der Waals surface area contributed by atoms with Gasteiger partial charge in [0.1, 0.15) is 0 Å². The number of nitrogens with one attached hydrogen (secondary N) is 1. The molecule has 3 aliphatic rings. The number of hydrogen-bond donors (Lipinski definition) is 1. The summed E-state index contributed by atoms with van der Waals surface area (Å²) in [6.45, 7) is 4.11. The first-order valence-electron chi connectivity index (χ1n) is 11.2. The van der Waals surface area contributed by atoms with Crippen molar-refractivity contribution in [1.82, 2.24) is 4.90 Å². The second-order valence-electron chi connectivity index (χ2n) is 8.66. The number of benzene rings is 1. The van der Waals surface area contributed by atoms with Crippen LogP contribution in [0.4, 0.5) is 11.4 Å². The van der Waals surface area contributed by atoms with Crippen LogP contribution < -0.4 is 10.2 Å². The Balaban J connectivity index is 1.25. The van der Waals surface area contributed by atoms with Crippen LogP contribution in [0.1, 0.15) is 57.8 Å². The third kappa shape index (κ3) is 4.50. The van der Waals surface area contributed by atoms with Crippen LogP contribution in [0.2, 0.25) is 0 Å². The minimum atomic E-state index is 0.0312. The van der Waals surface area contributed by atoms with E-state index in [4.69, 9.17) is 0 Å². The highest BCUT2D eigenvalue weighted by Crippen LogP contribution is 2.32. The lowest BCUT2D eigenvalue weighted by atomic mass is 9.80. The van der Waals surface area contributed by atoms with E-state index in [-0.39, 0.29) is 17.7 Å². The van der Waals surface area contributed by atoms with Crippen LogP contribution in [-0.4, -0.2) is 42.9 Å². The summed E-state index contributed by atoms with van der Waals surface area (Å²) in [5, 5.41) is 3.08. The predicted octanol–water partition coefficient (Wildman–Crippen LogP) is 4.04. The molecule has 0 spiro atoms. The summed E-state index contributed by atoms with van der Waals surface area (Å²) in [5.41, 5.74) is 2.12. The average Bonchev–Trinajstić information content (AvgIpc) is 3.29. The zero-order valence-electron chi connectivity index (χ0n) is 16.9. The minimum absolute atomic E-state index is 0.0312. The lowest BCUT2D eigenvalue weighted by Gasteiger charge is -2.33. The molecule has 0 radical (unpaired) electrons. The second-order valence-corrected chi connectivity index (χ2v) is 8.66. The van der Waals surface area contributed by atoms with Gasteiger partial charge in [0.2, 0.25) is 11.8 Å². The van der Waals surface area contributed by atoms with Crippen molar-refractivity contribution in [3.63, 3.8) is 0 Å². The molecule has 5 heteroatoms. The SMILES string of the molecule is O=C(Nc1ccc(N2CCCC2)cc1)C1CCC(C(=O)N2CCCCC2)CC1. The summed E-state index contributed by atoms with van der Waals surface area (Å²) in [7, 11) is 0. The van der Waals surface area contributed by atoms with E-state index < -0.39 is 0 Å². The first kappa shape index (κ1) is 19.3. The number of hydrogen-bond acceptors (Lipinski definition) is 3. The fraction of sp³-hybridized carbons (Fsp3) is 0.652. The molecule has 1 aromatic rings. The molecule has 5 nitrogen and oxygen atoms in total. The van der Waals surface area contributed by atoms with Gasteiger partial charge < -0.3 is 15.1 Å². The summed E-state index contributed by atoms with van der Waals surface area (Å²) in [6, 6.07) is 8.23.